The maximum absolute atomic E-state index is 6.02. The molecule has 23 heavy (non-hydrogen) atoms. The molecule has 0 aliphatic carbocycles. The summed E-state index contributed by atoms with van der Waals surface area (Å²) in [6, 6.07) is 15.1. The van der Waals surface area contributed by atoms with Gasteiger partial charge in [-0.05, 0) is 42.5 Å². The predicted molar refractivity (Wildman–Crippen MR) is 105 cm³/mol. The van der Waals surface area contributed by atoms with Crippen molar-refractivity contribution in [1.82, 2.24) is 4.90 Å². The highest BCUT2D eigenvalue weighted by Gasteiger charge is 2.23. The first-order valence-corrected chi connectivity index (χ1v) is 9.08. The number of amidine groups is 1. The van der Waals surface area contributed by atoms with E-state index in [0.717, 1.165) is 28.8 Å². The second-order valence-electron chi connectivity index (χ2n) is 4.82. The lowest BCUT2D eigenvalue weighted by molar-refractivity contribution is 0.687. The second kappa shape index (κ2) is 7.53. The third-order valence-electron chi connectivity index (χ3n) is 3.12. The molecule has 7 heteroatoms. The van der Waals surface area contributed by atoms with Crippen LogP contribution in [0.3, 0.4) is 0 Å². The molecule has 0 amide bonds. The Hall–Kier alpha value is -1.27. The molecule has 0 atom stereocenters. The van der Waals surface area contributed by atoms with Crippen LogP contribution in [0.15, 0.2) is 53.5 Å². The van der Waals surface area contributed by atoms with Crippen LogP contribution in [0.4, 0.5) is 11.4 Å². The Morgan fingerprint density at radius 1 is 1.13 bits per heavy atom. The lowest BCUT2D eigenvalue weighted by Gasteiger charge is -2.20. The minimum Gasteiger partial charge on any atom is -0.332 e. The molecular weight excluding hydrogens is 369 g/mol. The molecule has 0 spiro atoms. The lowest BCUT2D eigenvalue weighted by atomic mass is 10.3. The largest absolute Gasteiger partial charge is 0.332 e. The normalized spacial score (nSPS) is 15.9. The molecule has 1 N–H and O–H groups in total. The number of nitrogens with one attached hydrogen (secondary N) is 1. The Morgan fingerprint density at radius 3 is 2.52 bits per heavy atom. The lowest BCUT2D eigenvalue weighted by Crippen LogP contribution is -2.35. The van der Waals surface area contributed by atoms with Gasteiger partial charge in [-0.3, -0.25) is 4.90 Å². The first-order chi connectivity index (χ1) is 11.1. The van der Waals surface area contributed by atoms with Crippen LogP contribution < -0.4 is 5.32 Å². The average molecular weight is 382 g/mol. The Kier molecular flexibility index (Phi) is 5.43. The molecular formula is C16H13Cl2N3S2. The summed E-state index contributed by atoms with van der Waals surface area (Å²) in [5, 5.41) is 5.79. The first-order valence-electron chi connectivity index (χ1n) is 6.93. The number of halogens is 2. The Balaban J connectivity index is 1.77. The van der Waals surface area contributed by atoms with Gasteiger partial charge in [0.1, 0.15) is 0 Å². The van der Waals surface area contributed by atoms with Crippen molar-refractivity contribution in [2.75, 3.05) is 17.6 Å². The molecule has 0 radical (unpaired) electrons. The van der Waals surface area contributed by atoms with Crippen molar-refractivity contribution in [1.29, 1.82) is 0 Å². The topological polar surface area (TPSA) is 27.6 Å². The van der Waals surface area contributed by atoms with Crippen LogP contribution in [0.5, 0.6) is 0 Å². The van der Waals surface area contributed by atoms with Crippen molar-refractivity contribution in [3.63, 3.8) is 0 Å². The molecule has 1 saturated heterocycles. The van der Waals surface area contributed by atoms with Gasteiger partial charge in [0.25, 0.3) is 0 Å². The first kappa shape index (κ1) is 16.6. The van der Waals surface area contributed by atoms with Crippen molar-refractivity contribution >= 4 is 68.8 Å². The van der Waals surface area contributed by atoms with Crippen LogP contribution in [0.2, 0.25) is 10.0 Å². The van der Waals surface area contributed by atoms with Gasteiger partial charge >= 0.3 is 0 Å². The number of thiocarbonyl (C=S) groups is 1. The zero-order chi connectivity index (χ0) is 16.2. The summed E-state index contributed by atoms with van der Waals surface area (Å²) < 4.78 is 0. The number of aliphatic imine (C=N–C) groups is 1. The zero-order valence-corrected chi connectivity index (χ0v) is 15.1. The predicted octanol–water partition coefficient (Wildman–Crippen LogP) is 5.43. The van der Waals surface area contributed by atoms with E-state index in [-0.39, 0.29) is 0 Å². The van der Waals surface area contributed by atoms with Crippen LogP contribution in [-0.2, 0) is 0 Å². The Morgan fingerprint density at radius 2 is 1.83 bits per heavy atom. The van der Waals surface area contributed by atoms with Crippen molar-refractivity contribution in [2.24, 2.45) is 4.99 Å². The van der Waals surface area contributed by atoms with Crippen LogP contribution in [0.25, 0.3) is 0 Å². The maximum atomic E-state index is 6.02. The van der Waals surface area contributed by atoms with E-state index in [1.54, 1.807) is 30.0 Å². The minimum atomic E-state index is 0.566. The molecule has 0 saturated carbocycles. The highest BCUT2D eigenvalue weighted by atomic mass is 35.5. The van der Waals surface area contributed by atoms with E-state index in [1.807, 2.05) is 35.2 Å². The van der Waals surface area contributed by atoms with Gasteiger partial charge in [0.15, 0.2) is 10.3 Å². The fourth-order valence-electron chi connectivity index (χ4n) is 2.11. The van der Waals surface area contributed by atoms with Crippen molar-refractivity contribution < 1.29 is 0 Å². The van der Waals surface area contributed by atoms with Gasteiger partial charge in [-0.2, -0.15) is 0 Å². The van der Waals surface area contributed by atoms with E-state index in [4.69, 9.17) is 35.4 Å². The van der Waals surface area contributed by atoms with Gasteiger partial charge in [-0.15, -0.1) is 0 Å². The highest BCUT2D eigenvalue weighted by molar-refractivity contribution is 8.14. The van der Waals surface area contributed by atoms with Gasteiger partial charge in [-0.25, -0.2) is 4.99 Å². The molecule has 2 aromatic rings. The third-order valence-corrected chi connectivity index (χ3v) is 4.83. The summed E-state index contributed by atoms with van der Waals surface area (Å²) in [4.78, 5) is 6.65. The van der Waals surface area contributed by atoms with Gasteiger partial charge in [0.05, 0.1) is 5.69 Å². The van der Waals surface area contributed by atoms with Crippen molar-refractivity contribution in [3.8, 4) is 0 Å². The summed E-state index contributed by atoms with van der Waals surface area (Å²) in [5.41, 5.74) is 1.68. The molecule has 0 bridgehead atoms. The van der Waals surface area contributed by atoms with Crippen molar-refractivity contribution in [3.05, 3.63) is 58.6 Å². The quantitative estimate of drug-likeness (QED) is 0.702. The highest BCUT2D eigenvalue weighted by Crippen LogP contribution is 2.26. The number of rotatable bonds is 2. The van der Waals surface area contributed by atoms with E-state index in [2.05, 4.69) is 10.3 Å². The number of anilines is 1. The summed E-state index contributed by atoms with van der Waals surface area (Å²) in [6.07, 6.45) is 0. The fourth-order valence-corrected chi connectivity index (χ4v) is 3.96. The Labute approximate surface area is 154 Å². The SMILES string of the molecule is S=C(Nc1cc(Cl)cc(Cl)c1)N1CCSC1=Nc1ccccc1. The number of nitrogens with zero attached hydrogens (tertiary/aromatic N) is 2. The monoisotopic (exact) mass is 381 g/mol. The minimum absolute atomic E-state index is 0.566. The molecule has 3 rings (SSSR count). The molecule has 1 aliphatic heterocycles. The van der Waals surface area contributed by atoms with Crippen molar-refractivity contribution in [2.45, 2.75) is 0 Å². The molecule has 0 aromatic heterocycles. The average Bonchev–Trinajstić information content (AvgIpc) is 2.95. The molecule has 1 fully saturated rings. The summed E-state index contributed by atoms with van der Waals surface area (Å²) in [6.45, 7) is 0.816. The van der Waals surface area contributed by atoms with E-state index < -0.39 is 0 Å². The molecule has 118 valence electrons. The Bertz CT molecular complexity index is 730. The summed E-state index contributed by atoms with van der Waals surface area (Å²) in [7, 11) is 0. The van der Waals surface area contributed by atoms with E-state index >= 15 is 0 Å². The summed E-state index contributed by atoms with van der Waals surface area (Å²) >= 11 is 19.2. The van der Waals surface area contributed by atoms with Gasteiger partial charge in [0, 0.05) is 28.0 Å². The van der Waals surface area contributed by atoms with Gasteiger partial charge < -0.3 is 5.32 Å². The van der Waals surface area contributed by atoms with Gasteiger partial charge in [-0.1, -0.05) is 53.2 Å². The standard InChI is InChI=1S/C16H13Cl2N3S2/c17-11-8-12(18)10-14(9-11)19-15(22)21-6-7-23-16(21)20-13-4-2-1-3-5-13/h1-5,8-10H,6-7H2,(H,19,22). The number of benzene rings is 2. The van der Waals surface area contributed by atoms with Gasteiger partial charge in [0.2, 0.25) is 0 Å². The maximum Gasteiger partial charge on any atom is 0.179 e. The number of hydrogen-bond donors (Lipinski definition) is 1. The molecule has 3 nitrogen and oxygen atoms in total. The van der Waals surface area contributed by atoms with Crippen LogP contribution in [0.1, 0.15) is 0 Å². The van der Waals surface area contributed by atoms with Crippen LogP contribution in [0, 0.1) is 0 Å². The van der Waals surface area contributed by atoms with Crippen LogP contribution >= 0.6 is 47.2 Å². The number of para-hydroxylation sites is 1. The second-order valence-corrected chi connectivity index (χ2v) is 7.14. The number of hydrogen-bond acceptors (Lipinski definition) is 3. The molecule has 1 heterocycles. The zero-order valence-electron chi connectivity index (χ0n) is 12.0. The molecule has 1 aliphatic rings. The number of thioether (sulfide) groups is 1. The molecule has 2 aromatic carbocycles. The molecule has 0 unspecified atom stereocenters. The van der Waals surface area contributed by atoms with E-state index in [0.29, 0.717) is 15.2 Å². The smallest absolute Gasteiger partial charge is 0.179 e. The fraction of sp³-hybridized carbons (Fsp3) is 0.125. The van der Waals surface area contributed by atoms with Crippen LogP contribution in [-0.4, -0.2) is 27.5 Å². The third kappa shape index (κ3) is 4.38. The van der Waals surface area contributed by atoms with E-state index in [9.17, 15) is 0 Å². The van der Waals surface area contributed by atoms with E-state index in [1.165, 1.54) is 0 Å². The summed E-state index contributed by atoms with van der Waals surface area (Å²) in [5.74, 6) is 0.948.